The van der Waals surface area contributed by atoms with Gasteiger partial charge in [0.25, 0.3) is 0 Å². The molecule has 0 bridgehead atoms. The summed E-state index contributed by atoms with van der Waals surface area (Å²) in [4.78, 5) is 16.0. The molecule has 0 spiro atoms. The van der Waals surface area contributed by atoms with E-state index in [0.717, 1.165) is 31.5 Å². The quantitative estimate of drug-likeness (QED) is 0.750. The Labute approximate surface area is 123 Å². The number of hydrogen-bond acceptors (Lipinski definition) is 3. The van der Waals surface area contributed by atoms with Gasteiger partial charge in [-0.1, -0.05) is 13.8 Å². The maximum Gasteiger partial charge on any atom is 0.223 e. The highest BCUT2D eigenvalue weighted by molar-refractivity contribution is 5.76. The fourth-order valence-corrected chi connectivity index (χ4v) is 2.86. The first-order chi connectivity index (χ1) is 9.54. The van der Waals surface area contributed by atoms with E-state index in [1.807, 2.05) is 0 Å². The van der Waals surface area contributed by atoms with Gasteiger partial charge in [-0.3, -0.25) is 4.79 Å². The molecule has 0 aromatic heterocycles. The predicted octanol–water partition coefficient (Wildman–Crippen LogP) is 2.51. The Balaban J connectivity index is 2.28. The fraction of sp³-hybridized carbons (Fsp3) is 0.875. The fourth-order valence-electron chi connectivity index (χ4n) is 2.86. The number of carbonyl (C=O) groups is 1. The van der Waals surface area contributed by atoms with Gasteiger partial charge in [0.05, 0.1) is 12.5 Å². The topological polar surface area (TPSA) is 47.3 Å². The zero-order valence-corrected chi connectivity index (χ0v) is 13.3. The first-order valence-electron chi connectivity index (χ1n) is 7.88. The van der Waals surface area contributed by atoms with Crippen molar-refractivity contribution in [3.63, 3.8) is 0 Å². The minimum Gasteiger partial charge on any atom is -0.345 e. The maximum absolute atomic E-state index is 11.9. The van der Waals surface area contributed by atoms with Crippen molar-refractivity contribution in [1.82, 2.24) is 9.80 Å². The average Bonchev–Trinajstić information content (AvgIpc) is 2.67. The summed E-state index contributed by atoms with van der Waals surface area (Å²) in [6, 6.07) is 2.08. The molecular weight excluding hydrogens is 250 g/mol. The van der Waals surface area contributed by atoms with Crippen LogP contribution in [0, 0.1) is 23.2 Å². The van der Waals surface area contributed by atoms with E-state index < -0.39 is 0 Å². The van der Waals surface area contributed by atoms with Crippen molar-refractivity contribution < 1.29 is 4.79 Å². The van der Waals surface area contributed by atoms with Crippen molar-refractivity contribution >= 4 is 5.91 Å². The van der Waals surface area contributed by atoms with Crippen molar-refractivity contribution in [2.45, 2.75) is 46.0 Å². The highest BCUT2D eigenvalue weighted by atomic mass is 16.2. The minimum atomic E-state index is 0.157. The number of amides is 1. The molecule has 0 saturated carbocycles. The van der Waals surface area contributed by atoms with E-state index in [9.17, 15) is 4.79 Å². The Morgan fingerprint density at radius 1 is 1.40 bits per heavy atom. The van der Waals surface area contributed by atoms with Crippen LogP contribution in [0.2, 0.25) is 0 Å². The van der Waals surface area contributed by atoms with Gasteiger partial charge in [0.1, 0.15) is 0 Å². The van der Waals surface area contributed by atoms with Gasteiger partial charge in [0.2, 0.25) is 5.91 Å². The molecule has 1 atom stereocenters. The molecule has 1 heterocycles. The summed E-state index contributed by atoms with van der Waals surface area (Å²) in [6.07, 6.45) is 4.83. The van der Waals surface area contributed by atoms with Crippen molar-refractivity contribution in [3.8, 4) is 6.07 Å². The molecule has 1 saturated heterocycles. The summed E-state index contributed by atoms with van der Waals surface area (Å²) in [5.41, 5.74) is 0. The second-order valence-electron chi connectivity index (χ2n) is 6.25. The van der Waals surface area contributed by atoms with Gasteiger partial charge in [0.15, 0.2) is 0 Å². The Hall–Kier alpha value is -1.08. The Bertz CT molecular complexity index is 335. The van der Waals surface area contributed by atoms with Crippen LogP contribution >= 0.6 is 0 Å². The summed E-state index contributed by atoms with van der Waals surface area (Å²) >= 11 is 0. The number of nitriles is 1. The second-order valence-corrected chi connectivity index (χ2v) is 6.25. The van der Waals surface area contributed by atoms with E-state index in [0.29, 0.717) is 19.4 Å². The normalized spacial score (nSPS) is 20.4. The third kappa shape index (κ3) is 5.92. The summed E-state index contributed by atoms with van der Waals surface area (Å²) in [5.74, 6) is 1.77. The molecule has 1 rings (SSSR count). The van der Waals surface area contributed by atoms with E-state index in [-0.39, 0.29) is 5.91 Å². The first-order valence-corrected chi connectivity index (χ1v) is 7.88. The van der Waals surface area contributed by atoms with Gasteiger partial charge in [0, 0.05) is 26.6 Å². The molecule has 0 N–H and O–H groups in total. The van der Waals surface area contributed by atoms with Crippen LogP contribution in [-0.4, -0.2) is 48.9 Å². The Morgan fingerprint density at radius 3 is 2.80 bits per heavy atom. The summed E-state index contributed by atoms with van der Waals surface area (Å²) in [6.45, 7) is 8.28. The van der Waals surface area contributed by atoms with Crippen LogP contribution in [0.3, 0.4) is 0 Å². The van der Waals surface area contributed by atoms with E-state index in [1.165, 1.54) is 19.3 Å². The molecule has 4 heteroatoms. The highest BCUT2D eigenvalue weighted by Gasteiger charge is 2.20. The zero-order valence-electron chi connectivity index (χ0n) is 13.3. The zero-order chi connectivity index (χ0) is 15.0. The van der Waals surface area contributed by atoms with Crippen LogP contribution < -0.4 is 0 Å². The standard InChI is InChI=1S/C16H29N3O/c1-14(2)15-6-4-11-19(12-7-15)13-8-16(20)18(3)10-5-9-17/h14-15H,4-8,10-13H2,1-3H3. The molecule has 1 amide bonds. The number of rotatable bonds is 6. The van der Waals surface area contributed by atoms with Crippen LogP contribution in [-0.2, 0) is 4.79 Å². The summed E-state index contributed by atoms with van der Waals surface area (Å²) in [5, 5.41) is 8.54. The van der Waals surface area contributed by atoms with E-state index in [1.54, 1.807) is 11.9 Å². The van der Waals surface area contributed by atoms with Crippen molar-refractivity contribution in [2.24, 2.45) is 11.8 Å². The lowest BCUT2D eigenvalue weighted by atomic mass is 9.89. The van der Waals surface area contributed by atoms with E-state index in [4.69, 9.17) is 5.26 Å². The Morgan fingerprint density at radius 2 is 2.15 bits per heavy atom. The lowest BCUT2D eigenvalue weighted by molar-refractivity contribution is -0.130. The van der Waals surface area contributed by atoms with Gasteiger partial charge in [-0.2, -0.15) is 5.26 Å². The molecule has 4 nitrogen and oxygen atoms in total. The molecule has 0 aliphatic carbocycles. The molecule has 1 aliphatic heterocycles. The number of likely N-dealkylation sites (tertiary alicyclic amines) is 1. The van der Waals surface area contributed by atoms with Gasteiger partial charge in [-0.15, -0.1) is 0 Å². The third-order valence-corrected chi connectivity index (χ3v) is 4.43. The monoisotopic (exact) mass is 279 g/mol. The van der Waals surface area contributed by atoms with Crippen LogP contribution in [0.5, 0.6) is 0 Å². The minimum absolute atomic E-state index is 0.157. The molecule has 1 unspecified atom stereocenters. The number of nitrogens with zero attached hydrogens (tertiary/aromatic N) is 3. The van der Waals surface area contributed by atoms with Crippen LogP contribution in [0.25, 0.3) is 0 Å². The maximum atomic E-state index is 11.9. The van der Waals surface area contributed by atoms with Gasteiger partial charge >= 0.3 is 0 Å². The molecule has 0 aromatic rings. The molecule has 20 heavy (non-hydrogen) atoms. The van der Waals surface area contributed by atoms with Crippen molar-refractivity contribution in [2.75, 3.05) is 33.2 Å². The van der Waals surface area contributed by atoms with Crippen molar-refractivity contribution in [3.05, 3.63) is 0 Å². The number of carbonyl (C=O) groups excluding carboxylic acids is 1. The summed E-state index contributed by atoms with van der Waals surface area (Å²) < 4.78 is 0. The van der Waals surface area contributed by atoms with Crippen LogP contribution in [0.1, 0.15) is 46.0 Å². The first kappa shape index (κ1) is 17.0. The lowest BCUT2D eigenvalue weighted by Gasteiger charge is -2.22. The van der Waals surface area contributed by atoms with Crippen LogP contribution in [0.4, 0.5) is 0 Å². The molecule has 114 valence electrons. The molecular formula is C16H29N3O. The van der Waals surface area contributed by atoms with Crippen molar-refractivity contribution in [1.29, 1.82) is 5.26 Å². The lowest BCUT2D eigenvalue weighted by Crippen LogP contribution is -2.33. The second kappa shape index (κ2) is 8.97. The average molecular weight is 279 g/mol. The molecule has 1 fully saturated rings. The molecule has 0 aromatic carbocycles. The third-order valence-electron chi connectivity index (χ3n) is 4.43. The van der Waals surface area contributed by atoms with Crippen LogP contribution in [0.15, 0.2) is 0 Å². The van der Waals surface area contributed by atoms with Gasteiger partial charge in [-0.05, 0) is 44.2 Å². The molecule has 0 radical (unpaired) electrons. The van der Waals surface area contributed by atoms with E-state index in [2.05, 4.69) is 24.8 Å². The number of hydrogen-bond donors (Lipinski definition) is 0. The van der Waals surface area contributed by atoms with Gasteiger partial charge < -0.3 is 9.80 Å². The summed E-state index contributed by atoms with van der Waals surface area (Å²) in [7, 11) is 1.79. The largest absolute Gasteiger partial charge is 0.345 e. The van der Waals surface area contributed by atoms with E-state index >= 15 is 0 Å². The highest BCUT2D eigenvalue weighted by Crippen LogP contribution is 2.24. The predicted molar refractivity (Wildman–Crippen MR) is 81.1 cm³/mol. The SMILES string of the molecule is CC(C)C1CCCN(CCC(=O)N(C)CCC#N)CC1. The molecule has 1 aliphatic rings. The van der Waals surface area contributed by atoms with Gasteiger partial charge in [-0.25, -0.2) is 0 Å². The smallest absolute Gasteiger partial charge is 0.223 e. The Kier molecular flexibility index (Phi) is 7.61.